The number of nitrogens with zero attached hydrogens (tertiary/aromatic N) is 2. The maximum Gasteiger partial charge on any atom is 0.254 e. The van der Waals surface area contributed by atoms with Gasteiger partial charge >= 0.3 is 0 Å². The minimum Gasteiger partial charge on any atom is -0.497 e. The van der Waals surface area contributed by atoms with Crippen molar-refractivity contribution in [2.45, 2.75) is 30.8 Å². The van der Waals surface area contributed by atoms with Crippen LogP contribution in [0.3, 0.4) is 0 Å². The molecule has 0 spiro atoms. The van der Waals surface area contributed by atoms with Crippen LogP contribution in [0.25, 0.3) is 0 Å². The van der Waals surface area contributed by atoms with Crippen LogP contribution < -0.4 is 4.74 Å². The molecule has 0 aliphatic carbocycles. The van der Waals surface area contributed by atoms with Gasteiger partial charge in [-0.25, -0.2) is 4.39 Å². The van der Waals surface area contributed by atoms with E-state index in [0.717, 1.165) is 37.2 Å². The lowest BCUT2D eigenvalue weighted by Crippen LogP contribution is -2.60. The lowest BCUT2D eigenvalue weighted by molar-refractivity contribution is -0.00341. The van der Waals surface area contributed by atoms with Crippen molar-refractivity contribution in [2.24, 2.45) is 5.92 Å². The number of amides is 1. The number of carbonyl (C=O) groups is 1. The van der Waals surface area contributed by atoms with Crippen LogP contribution in [-0.2, 0) is 0 Å². The smallest absolute Gasteiger partial charge is 0.254 e. The largest absolute Gasteiger partial charge is 0.497 e. The molecule has 4 saturated heterocycles. The summed E-state index contributed by atoms with van der Waals surface area (Å²) < 4.78 is 18.7. The van der Waals surface area contributed by atoms with Crippen LogP contribution in [0.2, 0.25) is 0 Å². The zero-order valence-corrected chi connectivity index (χ0v) is 16.1. The average molecular weight is 380 g/mol. The van der Waals surface area contributed by atoms with Gasteiger partial charge in [0.2, 0.25) is 0 Å². The lowest BCUT2D eigenvalue weighted by Gasteiger charge is -2.51. The summed E-state index contributed by atoms with van der Waals surface area (Å²) in [4.78, 5) is 18.1. The number of hydrogen-bond donors (Lipinski definition) is 0. The molecule has 0 unspecified atom stereocenters. The van der Waals surface area contributed by atoms with Crippen LogP contribution in [0.1, 0.15) is 34.7 Å². The Bertz CT molecular complexity index is 859. The molecule has 4 fully saturated rings. The second-order valence-electron chi connectivity index (χ2n) is 8.20. The van der Waals surface area contributed by atoms with Crippen LogP contribution in [0.15, 0.2) is 48.5 Å². The minimum absolute atomic E-state index is 0.0935. The molecule has 4 heterocycles. The fraction of sp³-hybridized carbons (Fsp3) is 0.435. The molecule has 0 aromatic heterocycles. The molecule has 4 aliphatic rings. The van der Waals surface area contributed by atoms with Crippen LogP contribution in [0.5, 0.6) is 5.75 Å². The van der Waals surface area contributed by atoms with E-state index in [0.29, 0.717) is 24.1 Å². The molecule has 5 heteroatoms. The molecule has 146 valence electrons. The quantitative estimate of drug-likeness (QED) is 0.817. The molecule has 6 rings (SSSR count). The average Bonchev–Trinajstić information content (AvgIpc) is 3.17. The molecule has 28 heavy (non-hydrogen) atoms. The van der Waals surface area contributed by atoms with E-state index in [1.807, 2.05) is 36.4 Å². The first kappa shape index (κ1) is 17.7. The molecule has 2 bridgehead atoms. The number of likely N-dealkylation sites (tertiary alicyclic amines) is 1. The van der Waals surface area contributed by atoms with Crippen molar-refractivity contribution >= 4 is 5.91 Å². The fourth-order valence-corrected chi connectivity index (χ4v) is 5.56. The first-order valence-electron chi connectivity index (χ1n) is 10.1. The molecule has 0 N–H and O–H groups in total. The van der Waals surface area contributed by atoms with E-state index in [4.69, 9.17) is 4.74 Å². The molecular formula is C23H25FN2O2. The van der Waals surface area contributed by atoms with E-state index in [1.54, 1.807) is 7.11 Å². The molecule has 0 saturated carbocycles. The Morgan fingerprint density at radius 3 is 2.32 bits per heavy atom. The van der Waals surface area contributed by atoms with Gasteiger partial charge in [0.15, 0.2) is 0 Å². The molecule has 2 aromatic rings. The Morgan fingerprint density at radius 2 is 1.68 bits per heavy atom. The van der Waals surface area contributed by atoms with Crippen molar-refractivity contribution in [2.75, 3.05) is 26.7 Å². The van der Waals surface area contributed by atoms with Gasteiger partial charge in [-0.05, 0) is 73.8 Å². The number of benzene rings is 2. The van der Waals surface area contributed by atoms with E-state index < -0.39 is 0 Å². The Labute approximate surface area is 164 Å². The summed E-state index contributed by atoms with van der Waals surface area (Å²) in [7, 11) is 1.63. The molecule has 3 atom stereocenters. The number of halogens is 1. The molecule has 0 radical (unpaired) electrons. The van der Waals surface area contributed by atoms with Gasteiger partial charge in [0.1, 0.15) is 11.6 Å². The van der Waals surface area contributed by atoms with Crippen molar-refractivity contribution in [3.63, 3.8) is 0 Å². The van der Waals surface area contributed by atoms with Crippen LogP contribution in [0.4, 0.5) is 4.39 Å². The van der Waals surface area contributed by atoms with E-state index in [9.17, 15) is 9.18 Å². The highest BCUT2D eigenvalue weighted by Gasteiger charge is 2.54. The van der Waals surface area contributed by atoms with Crippen LogP contribution in [0, 0.1) is 11.7 Å². The number of piperidine rings is 3. The first-order chi connectivity index (χ1) is 13.7. The summed E-state index contributed by atoms with van der Waals surface area (Å²) in [6.07, 6.45) is 2.31. The Kier molecular flexibility index (Phi) is 4.35. The lowest BCUT2D eigenvalue weighted by atomic mass is 9.75. The summed E-state index contributed by atoms with van der Waals surface area (Å²) in [5, 5.41) is 0. The van der Waals surface area contributed by atoms with Crippen molar-refractivity contribution in [3.05, 3.63) is 65.5 Å². The van der Waals surface area contributed by atoms with Gasteiger partial charge in [-0.2, -0.15) is 0 Å². The zero-order chi connectivity index (χ0) is 19.3. The van der Waals surface area contributed by atoms with Crippen LogP contribution in [-0.4, -0.2) is 54.5 Å². The van der Waals surface area contributed by atoms with Gasteiger partial charge in [0, 0.05) is 24.1 Å². The molecule has 4 nitrogen and oxygen atoms in total. The van der Waals surface area contributed by atoms with Gasteiger partial charge < -0.3 is 9.64 Å². The minimum atomic E-state index is -0.213. The highest BCUT2D eigenvalue weighted by Crippen LogP contribution is 2.47. The summed E-state index contributed by atoms with van der Waals surface area (Å²) in [5.41, 5.74) is 1.84. The topological polar surface area (TPSA) is 32.8 Å². The number of ether oxygens (including phenoxy) is 1. The normalized spacial score (nSPS) is 30.9. The Balaban J connectivity index is 1.49. The van der Waals surface area contributed by atoms with Crippen molar-refractivity contribution in [1.29, 1.82) is 0 Å². The van der Waals surface area contributed by atoms with Crippen molar-refractivity contribution in [3.8, 4) is 5.75 Å². The van der Waals surface area contributed by atoms with Crippen molar-refractivity contribution in [1.82, 2.24) is 9.80 Å². The van der Waals surface area contributed by atoms with Crippen molar-refractivity contribution < 1.29 is 13.9 Å². The number of hydrogen-bond acceptors (Lipinski definition) is 3. The molecular weight excluding hydrogens is 355 g/mol. The van der Waals surface area contributed by atoms with Gasteiger partial charge in [-0.15, -0.1) is 0 Å². The second-order valence-corrected chi connectivity index (χ2v) is 8.20. The molecule has 1 amide bonds. The number of rotatable bonds is 3. The van der Waals surface area contributed by atoms with E-state index >= 15 is 0 Å². The van der Waals surface area contributed by atoms with E-state index in [1.165, 1.54) is 12.1 Å². The summed E-state index contributed by atoms with van der Waals surface area (Å²) >= 11 is 0. The number of carbonyl (C=O) groups excluding carboxylic acids is 1. The van der Waals surface area contributed by atoms with Gasteiger partial charge in [-0.3, -0.25) is 9.69 Å². The zero-order valence-electron chi connectivity index (χ0n) is 16.1. The Hall–Kier alpha value is -2.40. The van der Waals surface area contributed by atoms with Gasteiger partial charge in [0.25, 0.3) is 5.91 Å². The molecule has 2 aromatic carbocycles. The monoisotopic (exact) mass is 380 g/mol. The predicted octanol–water partition coefficient (Wildman–Crippen LogP) is 3.54. The number of fused-ring (bicyclic) bond motifs is 2. The van der Waals surface area contributed by atoms with E-state index in [-0.39, 0.29) is 23.7 Å². The highest BCUT2D eigenvalue weighted by molar-refractivity contribution is 5.95. The SMILES string of the molecule is COc1ccc(C(=O)N2C[C@H](c3ccc(F)cc3)[C@H]3[C@@H]2C2CCN3CC2)cc1. The van der Waals surface area contributed by atoms with E-state index in [2.05, 4.69) is 9.80 Å². The molecule has 4 aliphatic heterocycles. The third kappa shape index (κ3) is 2.80. The first-order valence-corrected chi connectivity index (χ1v) is 10.1. The highest BCUT2D eigenvalue weighted by atomic mass is 19.1. The predicted molar refractivity (Wildman–Crippen MR) is 105 cm³/mol. The standard InChI is InChI=1S/C23H25FN2O2/c1-28-19-8-4-17(5-9-19)23(27)26-14-20(15-2-6-18(24)7-3-15)22-21(26)16-10-12-25(22)13-11-16/h2-9,16,20-22H,10-14H2,1H3/t20-,21+,22+/m1/s1. The third-order valence-electron chi connectivity index (χ3n) is 6.89. The maximum atomic E-state index is 13.5. The maximum absolute atomic E-state index is 13.5. The summed E-state index contributed by atoms with van der Waals surface area (Å²) in [5.74, 6) is 1.42. The van der Waals surface area contributed by atoms with Gasteiger partial charge in [-0.1, -0.05) is 12.1 Å². The number of methoxy groups -OCH3 is 1. The Morgan fingerprint density at radius 1 is 1.00 bits per heavy atom. The second kappa shape index (κ2) is 6.89. The fourth-order valence-electron chi connectivity index (χ4n) is 5.56. The summed E-state index contributed by atoms with van der Waals surface area (Å²) in [6.45, 7) is 2.90. The third-order valence-corrected chi connectivity index (χ3v) is 6.89. The van der Waals surface area contributed by atoms with Crippen LogP contribution >= 0.6 is 0 Å². The summed E-state index contributed by atoms with van der Waals surface area (Å²) in [6, 6.07) is 14.8. The van der Waals surface area contributed by atoms with Gasteiger partial charge in [0.05, 0.1) is 13.2 Å².